The summed E-state index contributed by atoms with van der Waals surface area (Å²) in [5, 5.41) is 0. The van der Waals surface area contributed by atoms with Crippen molar-refractivity contribution in [2.45, 2.75) is 26.6 Å². The van der Waals surface area contributed by atoms with Gasteiger partial charge in [0.2, 0.25) is 8.32 Å². The molecular weight excluding hydrogens is 255 g/mol. The Bertz CT molecular complexity index is 126. The molecular formula is C7H15IOSi. The molecule has 0 unspecified atom stereocenters. The van der Waals surface area contributed by atoms with Crippen LogP contribution in [0.1, 0.15) is 6.92 Å². The maximum absolute atomic E-state index is 5.67. The molecule has 1 nitrogen and oxygen atoms in total. The Kier molecular flexibility index (Phi) is 4.60. The molecule has 0 fully saturated rings. The van der Waals surface area contributed by atoms with Gasteiger partial charge in [0.25, 0.3) is 0 Å². The van der Waals surface area contributed by atoms with Gasteiger partial charge in [0.05, 0.1) is 5.76 Å². The van der Waals surface area contributed by atoms with Gasteiger partial charge in [0.15, 0.2) is 0 Å². The van der Waals surface area contributed by atoms with Crippen molar-refractivity contribution in [2.75, 3.05) is 4.43 Å². The number of rotatable bonds is 3. The van der Waals surface area contributed by atoms with Crippen LogP contribution in [0, 0.1) is 0 Å². The van der Waals surface area contributed by atoms with Gasteiger partial charge in [-0.05, 0) is 32.6 Å². The van der Waals surface area contributed by atoms with Gasteiger partial charge >= 0.3 is 0 Å². The third-order valence-electron chi connectivity index (χ3n) is 0.832. The zero-order valence-corrected chi connectivity index (χ0v) is 10.2. The number of alkyl halides is 1. The van der Waals surface area contributed by atoms with Gasteiger partial charge in [-0.25, -0.2) is 0 Å². The highest BCUT2D eigenvalue weighted by atomic mass is 127. The molecule has 0 atom stereocenters. The van der Waals surface area contributed by atoms with E-state index in [9.17, 15) is 0 Å². The second kappa shape index (κ2) is 4.38. The molecule has 0 aliphatic heterocycles. The molecule has 0 heterocycles. The van der Waals surface area contributed by atoms with Crippen LogP contribution in [0.25, 0.3) is 0 Å². The fraction of sp³-hybridized carbons (Fsp3) is 0.714. The number of allylic oxidation sites excluding steroid dienone is 2. The summed E-state index contributed by atoms with van der Waals surface area (Å²) in [5.74, 6) is 1.08. The van der Waals surface area contributed by atoms with Crippen molar-refractivity contribution in [1.82, 2.24) is 0 Å². The van der Waals surface area contributed by atoms with Crippen molar-refractivity contribution in [2.24, 2.45) is 0 Å². The number of hydrogen-bond acceptors (Lipinski definition) is 1. The molecule has 0 aliphatic rings. The number of halogens is 1. The molecule has 0 aromatic rings. The highest BCUT2D eigenvalue weighted by Crippen LogP contribution is 2.09. The lowest BCUT2D eigenvalue weighted by molar-refractivity contribution is 0.424. The minimum Gasteiger partial charge on any atom is -0.548 e. The Morgan fingerprint density at radius 2 is 2.00 bits per heavy atom. The van der Waals surface area contributed by atoms with Gasteiger partial charge in [-0.3, -0.25) is 0 Å². The smallest absolute Gasteiger partial charge is 0.241 e. The predicted octanol–water partition coefficient (Wildman–Crippen LogP) is 3.18. The van der Waals surface area contributed by atoms with Gasteiger partial charge in [0.1, 0.15) is 0 Å². The van der Waals surface area contributed by atoms with Crippen LogP contribution >= 0.6 is 22.6 Å². The van der Waals surface area contributed by atoms with Crippen molar-refractivity contribution in [3.8, 4) is 0 Å². The van der Waals surface area contributed by atoms with Crippen molar-refractivity contribution < 1.29 is 4.43 Å². The summed E-state index contributed by atoms with van der Waals surface area (Å²) < 4.78 is 6.71. The Morgan fingerprint density at radius 1 is 1.50 bits per heavy atom. The maximum Gasteiger partial charge on any atom is 0.241 e. The molecule has 0 aromatic carbocycles. The van der Waals surface area contributed by atoms with E-state index in [-0.39, 0.29) is 0 Å². The van der Waals surface area contributed by atoms with Crippen LogP contribution in [0.4, 0.5) is 0 Å². The summed E-state index contributed by atoms with van der Waals surface area (Å²) in [6.45, 7) is 8.60. The molecule has 0 bridgehead atoms. The molecule has 0 amide bonds. The van der Waals surface area contributed by atoms with Gasteiger partial charge in [0, 0.05) is 4.43 Å². The van der Waals surface area contributed by atoms with Crippen LogP contribution in [-0.2, 0) is 4.43 Å². The number of hydrogen-bond donors (Lipinski definition) is 0. The Hall–Kier alpha value is 0.487. The van der Waals surface area contributed by atoms with E-state index in [2.05, 4.69) is 48.3 Å². The molecule has 10 heavy (non-hydrogen) atoms. The molecule has 0 rings (SSSR count). The highest BCUT2D eigenvalue weighted by molar-refractivity contribution is 14.1. The standard InChI is InChI=1S/C7H15IOSi/c1-7(5-6-8)9-10(2,3)4/h5H,6H2,1-4H3/b7-5-. The van der Waals surface area contributed by atoms with E-state index in [1.165, 1.54) is 0 Å². The highest BCUT2D eigenvalue weighted by Gasteiger charge is 2.15. The minimum absolute atomic E-state index is 1.04. The van der Waals surface area contributed by atoms with Gasteiger partial charge in [-0.1, -0.05) is 22.6 Å². The summed E-state index contributed by atoms with van der Waals surface area (Å²) in [4.78, 5) is 0. The van der Waals surface area contributed by atoms with Crippen LogP contribution in [0.2, 0.25) is 19.6 Å². The van der Waals surface area contributed by atoms with E-state index in [0.29, 0.717) is 0 Å². The van der Waals surface area contributed by atoms with Gasteiger partial charge in [-0.15, -0.1) is 0 Å². The van der Waals surface area contributed by atoms with Crippen molar-refractivity contribution >= 4 is 30.9 Å². The van der Waals surface area contributed by atoms with Crippen LogP contribution in [0.15, 0.2) is 11.8 Å². The summed E-state index contributed by atoms with van der Waals surface area (Å²) in [5.41, 5.74) is 0. The average molecular weight is 270 g/mol. The third kappa shape index (κ3) is 6.60. The van der Waals surface area contributed by atoms with Crippen LogP contribution in [-0.4, -0.2) is 12.7 Å². The molecule has 0 radical (unpaired) electrons. The predicted molar refractivity (Wildman–Crippen MR) is 57.1 cm³/mol. The Balaban J connectivity index is 3.79. The first-order valence-electron chi connectivity index (χ1n) is 3.37. The summed E-state index contributed by atoms with van der Waals surface area (Å²) in [7, 11) is -1.33. The first kappa shape index (κ1) is 10.5. The van der Waals surface area contributed by atoms with Crippen molar-refractivity contribution in [1.29, 1.82) is 0 Å². The lowest BCUT2D eigenvalue weighted by Gasteiger charge is -2.19. The molecule has 0 spiro atoms. The second-order valence-electron chi connectivity index (χ2n) is 3.18. The van der Waals surface area contributed by atoms with Crippen LogP contribution in [0.5, 0.6) is 0 Å². The second-order valence-corrected chi connectivity index (χ2v) is 8.49. The van der Waals surface area contributed by atoms with E-state index >= 15 is 0 Å². The lowest BCUT2D eigenvalue weighted by Crippen LogP contribution is -2.24. The average Bonchev–Trinajstić information content (AvgIpc) is 1.59. The van der Waals surface area contributed by atoms with E-state index in [0.717, 1.165) is 10.2 Å². The largest absolute Gasteiger partial charge is 0.548 e. The Labute approximate surface area is 78.1 Å². The quantitative estimate of drug-likeness (QED) is 0.331. The normalized spacial score (nSPS) is 13.5. The fourth-order valence-corrected chi connectivity index (χ4v) is 2.30. The molecule has 0 aliphatic carbocycles. The lowest BCUT2D eigenvalue weighted by atomic mass is 10.5. The zero-order chi connectivity index (χ0) is 8.20. The fourth-order valence-electron chi connectivity index (χ4n) is 0.633. The first-order valence-corrected chi connectivity index (χ1v) is 8.31. The zero-order valence-electron chi connectivity index (χ0n) is 7.07. The SMILES string of the molecule is C/C(=C/CI)O[Si](C)(C)C. The molecule has 0 saturated carbocycles. The van der Waals surface area contributed by atoms with Crippen LogP contribution in [0.3, 0.4) is 0 Å². The molecule has 0 aromatic heterocycles. The van der Waals surface area contributed by atoms with Gasteiger partial charge < -0.3 is 4.43 Å². The van der Waals surface area contributed by atoms with Gasteiger partial charge in [-0.2, -0.15) is 0 Å². The minimum atomic E-state index is -1.33. The van der Waals surface area contributed by atoms with E-state index in [1.807, 2.05) is 6.92 Å². The van der Waals surface area contributed by atoms with Crippen LogP contribution < -0.4 is 0 Å². The Morgan fingerprint density at radius 3 is 2.30 bits per heavy atom. The van der Waals surface area contributed by atoms with Crippen molar-refractivity contribution in [3.05, 3.63) is 11.8 Å². The van der Waals surface area contributed by atoms with E-state index in [4.69, 9.17) is 4.43 Å². The molecule has 60 valence electrons. The summed E-state index contributed by atoms with van der Waals surface area (Å²) in [6.07, 6.45) is 2.11. The molecule has 3 heteroatoms. The molecule has 0 saturated heterocycles. The maximum atomic E-state index is 5.67. The topological polar surface area (TPSA) is 9.23 Å². The summed E-state index contributed by atoms with van der Waals surface area (Å²) in [6, 6.07) is 0. The van der Waals surface area contributed by atoms with E-state index in [1.54, 1.807) is 0 Å². The van der Waals surface area contributed by atoms with Crippen molar-refractivity contribution in [3.63, 3.8) is 0 Å². The monoisotopic (exact) mass is 270 g/mol. The molecule has 0 N–H and O–H groups in total. The first-order chi connectivity index (χ1) is 4.45. The van der Waals surface area contributed by atoms with E-state index < -0.39 is 8.32 Å². The summed E-state index contributed by atoms with van der Waals surface area (Å²) >= 11 is 2.31. The third-order valence-corrected chi connectivity index (χ3v) is 2.21.